The maximum absolute atomic E-state index is 4.25. The van der Waals surface area contributed by atoms with Crippen LogP contribution in [0, 0.1) is 5.41 Å². The third kappa shape index (κ3) is 2.71. The first-order valence-corrected chi connectivity index (χ1v) is 6.49. The Morgan fingerprint density at radius 2 is 2.00 bits per heavy atom. The van der Waals surface area contributed by atoms with E-state index in [2.05, 4.69) is 56.5 Å². The molecule has 1 heteroatoms. The topological polar surface area (TPSA) is 3.24 Å². The zero-order chi connectivity index (χ0) is 12.5. The van der Waals surface area contributed by atoms with E-state index in [9.17, 15) is 0 Å². The fourth-order valence-corrected chi connectivity index (χ4v) is 2.24. The van der Waals surface area contributed by atoms with Crippen LogP contribution >= 0.6 is 0 Å². The molecule has 0 saturated heterocycles. The third-order valence-electron chi connectivity index (χ3n) is 3.65. The van der Waals surface area contributed by atoms with Gasteiger partial charge in [-0.25, -0.2) is 0 Å². The molecule has 1 heterocycles. The first-order valence-electron chi connectivity index (χ1n) is 6.49. The highest BCUT2D eigenvalue weighted by molar-refractivity contribution is 5.56. The summed E-state index contributed by atoms with van der Waals surface area (Å²) in [5, 5.41) is 0. The van der Waals surface area contributed by atoms with Crippen molar-refractivity contribution in [2.75, 3.05) is 18.0 Å². The highest BCUT2D eigenvalue weighted by Gasteiger charge is 2.21. The van der Waals surface area contributed by atoms with Crippen molar-refractivity contribution in [1.82, 2.24) is 0 Å². The van der Waals surface area contributed by atoms with Gasteiger partial charge in [0.15, 0.2) is 0 Å². The molecule has 2 rings (SSSR count). The molecule has 17 heavy (non-hydrogen) atoms. The quantitative estimate of drug-likeness (QED) is 0.692. The van der Waals surface area contributed by atoms with Gasteiger partial charge in [0.25, 0.3) is 0 Å². The van der Waals surface area contributed by atoms with E-state index >= 15 is 0 Å². The van der Waals surface area contributed by atoms with Crippen molar-refractivity contribution in [2.45, 2.75) is 33.6 Å². The van der Waals surface area contributed by atoms with Crippen molar-refractivity contribution < 1.29 is 0 Å². The Hall–Kier alpha value is -1.24. The number of para-hydroxylation sites is 1. The Kier molecular flexibility index (Phi) is 3.28. The summed E-state index contributed by atoms with van der Waals surface area (Å²) in [5.74, 6) is 0. The fourth-order valence-electron chi connectivity index (χ4n) is 2.24. The van der Waals surface area contributed by atoms with Crippen molar-refractivity contribution in [1.29, 1.82) is 0 Å². The van der Waals surface area contributed by atoms with E-state index in [0.29, 0.717) is 0 Å². The molecule has 0 bridgehead atoms. The number of rotatable bonds is 2. The number of hydrogen-bond acceptors (Lipinski definition) is 1. The molecule has 0 saturated carbocycles. The van der Waals surface area contributed by atoms with E-state index in [0.717, 1.165) is 13.1 Å². The lowest BCUT2D eigenvalue weighted by atomic mass is 9.87. The molecule has 0 fully saturated rings. The number of hydrogen-bond donors (Lipinski definition) is 0. The zero-order valence-corrected chi connectivity index (χ0v) is 11.3. The summed E-state index contributed by atoms with van der Waals surface area (Å²) in [7, 11) is 0. The maximum atomic E-state index is 4.25. The second kappa shape index (κ2) is 4.56. The van der Waals surface area contributed by atoms with E-state index in [4.69, 9.17) is 0 Å². The average Bonchev–Trinajstić information content (AvgIpc) is 2.28. The van der Waals surface area contributed by atoms with Gasteiger partial charge in [0, 0.05) is 18.8 Å². The Labute approximate surface area is 105 Å². The molecule has 1 aromatic carbocycles. The lowest BCUT2D eigenvalue weighted by molar-refractivity contribution is 0.489. The van der Waals surface area contributed by atoms with Crippen molar-refractivity contribution in [3.63, 3.8) is 0 Å². The van der Waals surface area contributed by atoms with Crippen LogP contribution in [-0.4, -0.2) is 13.1 Å². The fraction of sp³-hybridized carbons (Fsp3) is 0.500. The van der Waals surface area contributed by atoms with E-state index < -0.39 is 0 Å². The summed E-state index contributed by atoms with van der Waals surface area (Å²) in [5.41, 5.74) is 4.41. The standard InChI is InChI=1S/C16H23N/c1-13(16(2,3)4)12-17-11-7-9-14-8-5-6-10-15(14)17/h5-6,8,10H,1,7,9,11-12H2,2-4H3. The lowest BCUT2D eigenvalue weighted by Crippen LogP contribution is -2.33. The van der Waals surface area contributed by atoms with Crippen molar-refractivity contribution in [2.24, 2.45) is 5.41 Å². The second-order valence-electron chi connectivity index (χ2n) is 6.01. The van der Waals surface area contributed by atoms with Gasteiger partial charge >= 0.3 is 0 Å². The van der Waals surface area contributed by atoms with Crippen molar-refractivity contribution in [3.05, 3.63) is 42.0 Å². The summed E-state index contributed by atoms with van der Waals surface area (Å²) < 4.78 is 0. The molecular formula is C16H23N. The normalized spacial score (nSPS) is 15.6. The lowest BCUT2D eigenvalue weighted by Gasteiger charge is -2.34. The van der Waals surface area contributed by atoms with Crippen LogP contribution in [0.3, 0.4) is 0 Å². The molecule has 0 N–H and O–H groups in total. The molecule has 1 nitrogen and oxygen atoms in total. The van der Waals surface area contributed by atoms with Crippen LogP contribution in [0.15, 0.2) is 36.4 Å². The second-order valence-corrected chi connectivity index (χ2v) is 6.01. The maximum Gasteiger partial charge on any atom is 0.0401 e. The molecule has 1 aliphatic rings. The monoisotopic (exact) mass is 229 g/mol. The van der Waals surface area contributed by atoms with Gasteiger partial charge in [-0.15, -0.1) is 0 Å². The van der Waals surface area contributed by atoms with Gasteiger partial charge in [0.05, 0.1) is 0 Å². The van der Waals surface area contributed by atoms with Gasteiger partial charge in [0.1, 0.15) is 0 Å². The predicted octanol–water partition coefficient (Wildman–Crippen LogP) is 4.04. The van der Waals surface area contributed by atoms with Gasteiger partial charge in [-0.3, -0.25) is 0 Å². The summed E-state index contributed by atoms with van der Waals surface area (Å²) in [6.45, 7) is 13.1. The summed E-state index contributed by atoms with van der Waals surface area (Å²) in [6.07, 6.45) is 2.48. The largest absolute Gasteiger partial charge is 0.367 e. The molecule has 92 valence electrons. The molecule has 0 spiro atoms. The number of fused-ring (bicyclic) bond motifs is 1. The Morgan fingerprint density at radius 1 is 1.29 bits per heavy atom. The van der Waals surface area contributed by atoms with E-state index in [1.165, 1.54) is 29.7 Å². The molecule has 0 aliphatic carbocycles. The van der Waals surface area contributed by atoms with Crippen LogP contribution in [0.2, 0.25) is 0 Å². The number of benzene rings is 1. The highest BCUT2D eigenvalue weighted by Crippen LogP contribution is 2.30. The van der Waals surface area contributed by atoms with Crippen LogP contribution in [0.25, 0.3) is 0 Å². The molecule has 0 radical (unpaired) electrons. The van der Waals surface area contributed by atoms with E-state index in [1.807, 2.05) is 0 Å². The molecular weight excluding hydrogens is 206 g/mol. The van der Waals surface area contributed by atoms with Crippen LogP contribution in [-0.2, 0) is 6.42 Å². The van der Waals surface area contributed by atoms with Crippen LogP contribution < -0.4 is 4.90 Å². The van der Waals surface area contributed by atoms with Gasteiger partial charge < -0.3 is 4.90 Å². The molecule has 0 amide bonds. The van der Waals surface area contributed by atoms with Crippen LogP contribution in [0.4, 0.5) is 5.69 Å². The van der Waals surface area contributed by atoms with Crippen molar-refractivity contribution >= 4 is 5.69 Å². The summed E-state index contributed by atoms with van der Waals surface area (Å²) in [4.78, 5) is 2.48. The number of aryl methyl sites for hydroxylation is 1. The Bertz CT molecular complexity index is 412. The number of anilines is 1. The zero-order valence-electron chi connectivity index (χ0n) is 11.3. The molecule has 1 aromatic rings. The van der Waals surface area contributed by atoms with E-state index in [-0.39, 0.29) is 5.41 Å². The highest BCUT2D eigenvalue weighted by atomic mass is 15.1. The third-order valence-corrected chi connectivity index (χ3v) is 3.65. The Balaban J connectivity index is 2.17. The van der Waals surface area contributed by atoms with Crippen LogP contribution in [0.1, 0.15) is 32.8 Å². The first-order chi connectivity index (χ1) is 7.98. The minimum atomic E-state index is 0.201. The molecule has 1 aliphatic heterocycles. The van der Waals surface area contributed by atoms with E-state index in [1.54, 1.807) is 0 Å². The van der Waals surface area contributed by atoms with Gasteiger partial charge in [-0.2, -0.15) is 0 Å². The van der Waals surface area contributed by atoms with Gasteiger partial charge in [-0.1, -0.05) is 51.1 Å². The minimum Gasteiger partial charge on any atom is -0.367 e. The number of nitrogens with zero attached hydrogens (tertiary/aromatic N) is 1. The van der Waals surface area contributed by atoms with Gasteiger partial charge in [-0.05, 0) is 29.9 Å². The molecule has 0 aromatic heterocycles. The van der Waals surface area contributed by atoms with Crippen molar-refractivity contribution in [3.8, 4) is 0 Å². The molecule has 0 unspecified atom stereocenters. The smallest absolute Gasteiger partial charge is 0.0401 e. The summed E-state index contributed by atoms with van der Waals surface area (Å²) in [6, 6.07) is 8.77. The Morgan fingerprint density at radius 3 is 2.71 bits per heavy atom. The first kappa shape index (κ1) is 12.2. The predicted molar refractivity (Wildman–Crippen MR) is 75.6 cm³/mol. The van der Waals surface area contributed by atoms with Crippen LogP contribution in [0.5, 0.6) is 0 Å². The SMILES string of the molecule is C=C(CN1CCCc2ccccc21)C(C)(C)C. The minimum absolute atomic E-state index is 0.201. The van der Waals surface area contributed by atoms with Gasteiger partial charge in [0.2, 0.25) is 0 Å². The molecule has 0 atom stereocenters. The average molecular weight is 229 g/mol. The summed E-state index contributed by atoms with van der Waals surface area (Å²) >= 11 is 0.